The number of ether oxygens (including phenoxy) is 1. The van der Waals surface area contributed by atoms with Gasteiger partial charge in [0.2, 0.25) is 0 Å². The predicted molar refractivity (Wildman–Crippen MR) is 82.6 cm³/mol. The van der Waals surface area contributed by atoms with E-state index < -0.39 is 9.84 Å². The average molecular weight is 317 g/mol. The number of anilines is 1. The molecule has 2 aromatic carbocycles. The Morgan fingerprint density at radius 2 is 1.86 bits per heavy atom. The van der Waals surface area contributed by atoms with Crippen LogP contribution in [0.3, 0.4) is 0 Å². The highest BCUT2D eigenvalue weighted by molar-refractivity contribution is 7.90. The third-order valence-corrected chi connectivity index (χ3v) is 5.11. The second-order valence-corrected chi connectivity index (χ2v) is 7.23. The van der Waals surface area contributed by atoms with E-state index in [1.54, 1.807) is 18.2 Å². The molecular weight excluding hydrogens is 302 g/mol. The summed E-state index contributed by atoms with van der Waals surface area (Å²) in [4.78, 5) is 11.5. The molecule has 1 aliphatic heterocycles. The molecule has 0 radical (unpaired) electrons. The third-order valence-electron chi connectivity index (χ3n) is 3.42. The summed E-state index contributed by atoms with van der Waals surface area (Å²) in [5, 5.41) is 2.62. The number of hydrogen-bond donors (Lipinski definition) is 1. The van der Waals surface area contributed by atoms with Crippen molar-refractivity contribution in [2.75, 3.05) is 11.9 Å². The van der Waals surface area contributed by atoms with Crippen molar-refractivity contribution in [2.45, 2.75) is 17.6 Å². The largest absolute Gasteiger partial charge is 0.482 e. The van der Waals surface area contributed by atoms with Crippen molar-refractivity contribution < 1.29 is 17.9 Å². The van der Waals surface area contributed by atoms with Gasteiger partial charge in [-0.3, -0.25) is 4.79 Å². The topological polar surface area (TPSA) is 72.5 Å². The molecule has 1 aliphatic rings. The first-order chi connectivity index (χ1) is 10.4. The lowest BCUT2D eigenvalue weighted by Gasteiger charge is -2.18. The summed E-state index contributed by atoms with van der Waals surface area (Å²) in [6, 6.07) is 11.9. The van der Waals surface area contributed by atoms with E-state index in [4.69, 9.17) is 4.74 Å². The highest BCUT2D eigenvalue weighted by Gasteiger charge is 2.21. The molecule has 22 heavy (non-hydrogen) atoms. The third kappa shape index (κ3) is 2.96. The Morgan fingerprint density at radius 1 is 1.14 bits per heavy atom. The van der Waals surface area contributed by atoms with Gasteiger partial charge in [-0.25, -0.2) is 8.42 Å². The number of fused-ring (bicyclic) bond motifs is 1. The first-order valence-corrected chi connectivity index (χ1v) is 8.44. The van der Waals surface area contributed by atoms with Gasteiger partial charge in [0.25, 0.3) is 5.91 Å². The minimum absolute atomic E-state index is 0.0531. The van der Waals surface area contributed by atoms with Gasteiger partial charge in [-0.2, -0.15) is 0 Å². The monoisotopic (exact) mass is 317 g/mol. The Morgan fingerprint density at radius 3 is 2.59 bits per heavy atom. The van der Waals surface area contributed by atoms with Crippen molar-refractivity contribution in [3.63, 3.8) is 0 Å². The van der Waals surface area contributed by atoms with Crippen LogP contribution in [0.1, 0.15) is 11.1 Å². The van der Waals surface area contributed by atoms with Crippen molar-refractivity contribution >= 4 is 21.4 Å². The molecule has 3 rings (SSSR count). The standard InChI is InChI=1S/C16H15NO4S/c1-11-2-4-12(5-3-11)10-22(19,20)13-6-7-15-14(8-13)17-16(18)9-21-15/h2-8H,9-10H2,1H3,(H,17,18). The molecule has 5 nitrogen and oxygen atoms in total. The summed E-state index contributed by atoms with van der Waals surface area (Å²) < 4.78 is 30.2. The van der Waals surface area contributed by atoms with Gasteiger partial charge in [0.05, 0.1) is 16.3 Å². The first-order valence-electron chi connectivity index (χ1n) is 6.79. The number of carbonyl (C=O) groups is 1. The van der Waals surface area contributed by atoms with Gasteiger partial charge >= 0.3 is 0 Å². The maximum absolute atomic E-state index is 12.5. The Labute approximate surface area is 128 Å². The molecule has 0 saturated carbocycles. The van der Waals surface area contributed by atoms with E-state index in [-0.39, 0.29) is 23.2 Å². The van der Waals surface area contributed by atoms with E-state index in [0.29, 0.717) is 11.4 Å². The highest BCUT2D eigenvalue weighted by atomic mass is 32.2. The van der Waals surface area contributed by atoms with Gasteiger partial charge in [0, 0.05) is 0 Å². The second-order valence-electron chi connectivity index (χ2n) is 5.24. The second kappa shape index (κ2) is 5.46. The lowest BCUT2D eigenvalue weighted by atomic mass is 10.2. The summed E-state index contributed by atoms with van der Waals surface area (Å²) in [6.07, 6.45) is 0. The van der Waals surface area contributed by atoms with E-state index in [9.17, 15) is 13.2 Å². The smallest absolute Gasteiger partial charge is 0.262 e. The van der Waals surface area contributed by atoms with Gasteiger partial charge in [0.1, 0.15) is 5.75 Å². The van der Waals surface area contributed by atoms with E-state index in [1.807, 2.05) is 19.1 Å². The van der Waals surface area contributed by atoms with Crippen LogP contribution < -0.4 is 10.1 Å². The van der Waals surface area contributed by atoms with Gasteiger partial charge in [-0.1, -0.05) is 29.8 Å². The number of nitrogens with one attached hydrogen (secondary N) is 1. The molecule has 114 valence electrons. The van der Waals surface area contributed by atoms with Crippen LogP contribution in [0.2, 0.25) is 0 Å². The molecule has 0 spiro atoms. The molecule has 1 N–H and O–H groups in total. The molecule has 0 aliphatic carbocycles. The predicted octanol–water partition coefficient (Wildman–Crippen LogP) is 2.30. The summed E-state index contributed by atoms with van der Waals surface area (Å²) in [6.45, 7) is 1.90. The van der Waals surface area contributed by atoms with Crippen molar-refractivity contribution in [1.82, 2.24) is 0 Å². The Kier molecular flexibility index (Phi) is 3.62. The van der Waals surface area contributed by atoms with Crippen LogP contribution in [0, 0.1) is 6.92 Å². The lowest BCUT2D eigenvalue weighted by Crippen LogP contribution is -2.25. The Balaban J connectivity index is 1.90. The van der Waals surface area contributed by atoms with Crippen molar-refractivity contribution in [1.29, 1.82) is 0 Å². The first kappa shape index (κ1) is 14.6. The zero-order valence-corrected chi connectivity index (χ0v) is 12.8. The number of sulfone groups is 1. The van der Waals surface area contributed by atoms with Crippen LogP contribution >= 0.6 is 0 Å². The molecule has 6 heteroatoms. The summed E-state index contributed by atoms with van der Waals surface area (Å²) in [5.74, 6) is 0.107. The van der Waals surface area contributed by atoms with Crippen molar-refractivity contribution in [3.05, 3.63) is 53.6 Å². The number of carbonyl (C=O) groups excluding carboxylic acids is 1. The fourth-order valence-corrected chi connectivity index (χ4v) is 3.61. The van der Waals surface area contributed by atoms with Crippen LogP contribution in [0.5, 0.6) is 5.75 Å². The molecule has 0 unspecified atom stereocenters. The molecule has 0 aromatic heterocycles. The summed E-state index contributed by atoms with van der Waals surface area (Å²) in [5.41, 5.74) is 2.19. The summed E-state index contributed by atoms with van der Waals surface area (Å²) in [7, 11) is -3.48. The molecule has 2 aromatic rings. The number of amides is 1. The summed E-state index contributed by atoms with van der Waals surface area (Å²) >= 11 is 0. The molecule has 1 amide bonds. The van der Waals surface area contributed by atoms with Crippen molar-refractivity contribution in [2.24, 2.45) is 0 Å². The highest BCUT2D eigenvalue weighted by Crippen LogP contribution is 2.31. The normalized spacial score (nSPS) is 14.0. The average Bonchev–Trinajstić information content (AvgIpc) is 2.48. The van der Waals surface area contributed by atoms with Crippen LogP contribution in [0.4, 0.5) is 5.69 Å². The van der Waals surface area contributed by atoms with Gasteiger partial charge in [-0.15, -0.1) is 0 Å². The molecule has 1 heterocycles. The molecule has 0 fully saturated rings. The van der Waals surface area contributed by atoms with E-state index >= 15 is 0 Å². The fourth-order valence-electron chi connectivity index (χ4n) is 2.24. The number of rotatable bonds is 3. The lowest BCUT2D eigenvalue weighted by molar-refractivity contribution is -0.118. The zero-order valence-electron chi connectivity index (χ0n) is 12.0. The van der Waals surface area contributed by atoms with E-state index in [1.165, 1.54) is 12.1 Å². The number of aryl methyl sites for hydroxylation is 1. The van der Waals surface area contributed by atoms with Gasteiger partial charge in [0.15, 0.2) is 16.4 Å². The van der Waals surface area contributed by atoms with Gasteiger partial charge < -0.3 is 10.1 Å². The van der Waals surface area contributed by atoms with E-state index in [2.05, 4.69) is 5.32 Å². The quantitative estimate of drug-likeness (QED) is 0.943. The molecular formula is C16H15NO4S. The number of benzene rings is 2. The van der Waals surface area contributed by atoms with Crippen LogP contribution in [-0.2, 0) is 20.4 Å². The maximum Gasteiger partial charge on any atom is 0.262 e. The molecule has 0 bridgehead atoms. The zero-order chi connectivity index (χ0) is 15.7. The molecule has 0 saturated heterocycles. The van der Waals surface area contributed by atoms with Crippen molar-refractivity contribution in [3.8, 4) is 5.75 Å². The molecule has 0 atom stereocenters. The fraction of sp³-hybridized carbons (Fsp3) is 0.188. The number of hydrogen-bond acceptors (Lipinski definition) is 4. The SMILES string of the molecule is Cc1ccc(CS(=O)(=O)c2ccc3c(c2)NC(=O)CO3)cc1. The maximum atomic E-state index is 12.5. The Bertz CT molecular complexity index is 826. The minimum atomic E-state index is -3.48. The van der Waals surface area contributed by atoms with Crippen LogP contribution in [0.25, 0.3) is 0 Å². The minimum Gasteiger partial charge on any atom is -0.482 e. The Hall–Kier alpha value is -2.34. The van der Waals surface area contributed by atoms with Crippen LogP contribution in [-0.4, -0.2) is 20.9 Å². The van der Waals surface area contributed by atoms with Gasteiger partial charge in [-0.05, 0) is 30.7 Å². The van der Waals surface area contributed by atoms with E-state index in [0.717, 1.165) is 11.1 Å². The van der Waals surface area contributed by atoms with Crippen LogP contribution in [0.15, 0.2) is 47.4 Å².